The van der Waals surface area contributed by atoms with Gasteiger partial charge in [0.15, 0.2) is 0 Å². The number of non-ortho nitro benzene ring substituents is 1. The van der Waals surface area contributed by atoms with E-state index in [-0.39, 0.29) is 17.4 Å². The van der Waals surface area contributed by atoms with Crippen molar-refractivity contribution in [2.75, 3.05) is 13.1 Å². The first kappa shape index (κ1) is 21.4. The maximum atomic E-state index is 12.9. The molecule has 0 spiro atoms. The zero-order valence-corrected chi connectivity index (χ0v) is 17.2. The number of aromatic nitrogens is 2. The van der Waals surface area contributed by atoms with Crippen LogP contribution in [0.5, 0.6) is 0 Å². The van der Waals surface area contributed by atoms with Gasteiger partial charge in [0.1, 0.15) is 0 Å². The van der Waals surface area contributed by atoms with Gasteiger partial charge in [0.2, 0.25) is 11.7 Å². The third-order valence-corrected chi connectivity index (χ3v) is 4.88. The van der Waals surface area contributed by atoms with Crippen molar-refractivity contribution in [1.82, 2.24) is 15.0 Å². The monoisotopic (exact) mass is 428 g/mol. The Hall–Kier alpha value is -3.26. The fourth-order valence-corrected chi connectivity index (χ4v) is 3.15. The number of halogens is 1. The van der Waals surface area contributed by atoms with Crippen LogP contribution < -0.4 is 0 Å². The molecule has 0 atom stereocenters. The maximum absolute atomic E-state index is 12.9. The highest BCUT2D eigenvalue weighted by molar-refractivity contribution is 6.33. The second kappa shape index (κ2) is 9.98. The summed E-state index contributed by atoms with van der Waals surface area (Å²) >= 11 is 6.18. The van der Waals surface area contributed by atoms with Gasteiger partial charge < -0.3 is 9.42 Å². The van der Waals surface area contributed by atoms with Crippen molar-refractivity contribution in [2.45, 2.75) is 26.2 Å². The van der Waals surface area contributed by atoms with Gasteiger partial charge in [0.25, 0.3) is 11.6 Å². The van der Waals surface area contributed by atoms with Crippen molar-refractivity contribution in [2.24, 2.45) is 0 Å². The Balaban J connectivity index is 1.72. The van der Waals surface area contributed by atoms with Crippen LogP contribution in [0.15, 0.2) is 53.1 Å². The van der Waals surface area contributed by atoms with Crippen LogP contribution in [0.25, 0.3) is 11.4 Å². The summed E-state index contributed by atoms with van der Waals surface area (Å²) in [5.74, 6) is 0.476. The molecule has 0 radical (unpaired) electrons. The van der Waals surface area contributed by atoms with E-state index in [1.165, 1.54) is 12.1 Å². The smallest absolute Gasteiger partial charge is 0.270 e. The number of amides is 1. The molecule has 0 aliphatic rings. The Morgan fingerprint density at radius 3 is 2.73 bits per heavy atom. The van der Waals surface area contributed by atoms with Gasteiger partial charge in [0, 0.05) is 37.2 Å². The average molecular weight is 429 g/mol. The third kappa shape index (κ3) is 5.21. The molecule has 156 valence electrons. The number of rotatable bonds is 9. The molecule has 0 fully saturated rings. The van der Waals surface area contributed by atoms with Crippen molar-refractivity contribution in [3.8, 4) is 11.4 Å². The molecule has 8 nitrogen and oxygen atoms in total. The minimum absolute atomic E-state index is 0.0464. The summed E-state index contributed by atoms with van der Waals surface area (Å²) in [5, 5.41) is 15.3. The summed E-state index contributed by atoms with van der Waals surface area (Å²) in [6.45, 7) is 3.04. The first-order chi connectivity index (χ1) is 14.5. The predicted molar refractivity (Wildman–Crippen MR) is 112 cm³/mol. The zero-order chi connectivity index (χ0) is 21.5. The number of nitro groups is 1. The lowest BCUT2D eigenvalue weighted by atomic mass is 10.1. The van der Waals surface area contributed by atoms with E-state index in [2.05, 4.69) is 17.1 Å². The van der Waals surface area contributed by atoms with Gasteiger partial charge in [-0.1, -0.05) is 54.4 Å². The van der Waals surface area contributed by atoms with Gasteiger partial charge >= 0.3 is 0 Å². The first-order valence-electron chi connectivity index (χ1n) is 9.60. The van der Waals surface area contributed by atoms with Gasteiger partial charge in [0.05, 0.1) is 15.5 Å². The highest BCUT2D eigenvalue weighted by atomic mass is 35.5. The Kier molecular flexibility index (Phi) is 7.13. The number of nitro benzene ring substituents is 1. The van der Waals surface area contributed by atoms with Gasteiger partial charge in [-0.15, -0.1) is 0 Å². The largest absolute Gasteiger partial charge is 0.339 e. The summed E-state index contributed by atoms with van der Waals surface area (Å²) in [7, 11) is 0. The van der Waals surface area contributed by atoms with Gasteiger partial charge in [-0.05, 0) is 18.6 Å². The van der Waals surface area contributed by atoms with E-state index in [1.807, 2.05) is 0 Å². The summed E-state index contributed by atoms with van der Waals surface area (Å²) < 4.78 is 5.29. The maximum Gasteiger partial charge on any atom is 0.270 e. The predicted octanol–water partition coefficient (Wildman–Crippen LogP) is 4.78. The Morgan fingerprint density at radius 1 is 1.20 bits per heavy atom. The Morgan fingerprint density at radius 2 is 2.00 bits per heavy atom. The van der Waals surface area contributed by atoms with Crippen molar-refractivity contribution in [3.05, 3.63) is 75.1 Å². The second-order valence-corrected chi connectivity index (χ2v) is 7.10. The molecule has 0 saturated carbocycles. The lowest BCUT2D eigenvalue weighted by Crippen LogP contribution is -2.34. The zero-order valence-electron chi connectivity index (χ0n) is 16.5. The van der Waals surface area contributed by atoms with Crippen LogP contribution in [0.1, 0.15) is 36.0 Å². The minimum atomic E-state index is -0.476. The Bertz CT molecular complexity index is 1040. The van der Waals surface area contributed by atoms with E-state index in [4.69, 9.17) is 16.1 Å². The molecule has 0 bridgehead atoms. The SMILES string of the molecule is CCCCN(CCc1nc(-c2cccc([N+](=O)[O-])c2)no1)C(=O)c1ccccc1Cl. The number of carbonyl (C=O) groups is 1. The van der Waals surface area contributed by atoms with Crippen LogP contribution in [0, 0.1) is 10.1 Å². The molecule has 3 aromatic rings. The summed E-state index contributed by atoms with van der Waals surface area (Å²) in [6, 6.07) is 13.0. The number of hydrogen-bond acceptors (Lipinski definition) is 6. The van der Waals surface area contributed by atoms with Gasteiger partial charge in [-0.25, -0.2) is 0 Å². The van der Waals surface area contributed by atoms with E-state index in [0.717, 1.165) is 12.8 Å². The summed E-state index contributed by atoms with van der Waals surface area (Å²) in [4.78, 5) is 29.5. The molecule has 0 aliphatic carbocycles. The molecule has 1 amide bonds. The van der Waals surface area contributed by atoms with E-state index in [0.29, 0.717) is 41.6 Å². The molecular weight excluding hydrogens is 408 g/mol. The van der Waals surface area contributed by atoms with Crippen LogP contribution in [-0.4, -0.2) is 39.0 Å². The topological polar surface area (TPSA) is 102 Å². The molecule has 2 aromatic carbocycles. The number of benzene rings is 2. The number of hydrogen-bond donors (Lipinski definition) is 0. The lowest BCUT2D eigenvalue weighted by molar-refractivity contribution is -0.384. The molecule has 0 N–H and O–H groups in total. The normalized spacial score (nSPS) is 10.7. The van der Waals surface area contributed by atoms with Gasteiger partial charge in [-0.3, -0.25) is 14.9 Å². The van der Waals surface area contributed by atoms with Crippen molar-refractivity contribution in [1.29, 1.82) is 0 Å². The molecule has 0 saturated heterocycles. The first-order valence-corrected chi connectivity index (χ1v) is 9.98. The van der Waals surface area contributed by atoms with E-state index < -0.39 is 4.92 Å². The van der Waals surface area contributed by atoms with Crippen LogP contribution in [0.3, 0.4) is 0 Å². The highest BCUT2D eigenvalue weighted by Gasteiger charge is 2.19. The van der Waals surface area contributed by atoms with Crippen LogP contribution in [-0.2, 0) is 6.42 Å². The quantitative estimate of drug-likeness (QED) is 0.359. The highest BCUT2D eigenvalue weighted by Crippen LogP contribution is 2.22. The van der Waals surface area contributed by atoms with E-state index >= 15 is 0 Å². The lowest BCUT2D eigenvalue weighted by Gasteiger charge is -2.22. The molecule has 9 heteroatoms. The fourth-order valence-electron chi connectivity index (χ4n) is 2.93. The molecule has 30 heavy (non-hydrogen) atoms. The average Bonchev–Trinajstić information content (AvgIpc) is 3.23. The van der Waals surface area contributed by atoms with Crippen LogP contribution in [0.4, 0.5) is 5.69 Å². The van der Waals surface area contributed by atoms with Crippen LogP contribution >= 0.6 is 11.6 Å². The fraction of sp³-hybridized carbons (Fsp3) is 0.286. The van der Waals surface area contributed by atoms with Crippen molar-refractivity contribution < 1.29 is 14.2 Å². The molecule has 1 heterocycles. The molecule has 1 aromatic heterocycles. The number of carbonyl (C=O) groups excluding carboxylic acids is 1. The number of nitrogens with zero attached hydrogens (tertiary/aromatic N) is 4. The standard InChI is InChI=1S/C21H21ClN4O4/c1-2-3-12-25(21(27)17-9-4-5-10-18(17)22)13-11-19-23-20(24-30-19)15-7-6-8-16(14-15)26(28)29/h4-10,14H,2-3,11-13H2,1H3. The number of unbranched alkanes of at least 4 members (excludes halogenated alkanes) is 1. The van der Waals surface area contributed by atoms with Crippen molar-refractivity contribution in [3.63, 3.8) is 0 Å². The Labute approximate surface area is 178 Å². The summed E-state index contributed by atoms with van der Waals surface area (Å²) in [6.07, 6.45) is 2.17. The molecule has 0 unspecified atom stereocenters. The molecular formula is C21H21ClN4O4. The molecule has 3 rings (SSSR count). The second-order valence-electron chi connectivity index (χ2n) is 6.69. The summed E-state index contributed by atoms with van der Waals surface area (Å²) in [5.41, 5.74) is 0.905. The van der Waals surface area contributed by atoms with Gasteiger partial charge in [-0.2, -0.15) is 4.98 Å². The van der Waals surface area contributed by atoms with E-state index in [9.17, 15) is 14.9 Å². The van der Waals surface area contributed by atoms with Crippen molar-refractivity contribution >= 4 is 23.2 Å². The minimum Gasteiger partial charge on any atom is -0.339 e. The molecule has 0 aliphatic heterocycles. The van der Waals surface area contributed by atoms with Crippen LogP contribution in [0.2, 0.25) is 5.02 Å². The van der Waals surface area contributed by atoms with E-state index in [1.54, 1.807) is 41.3 Å². The third-order valence-electron chi connectivity index (χ3n) is 4.55.